The van der Waals surface area contributed by atoms with Gasteiger partial charge in [-0.3, -0.25) is 24.1 Å². The van der Waals surface area contributed by atoms with Gasteiger partial charge in [0.05, 0.1) is 11.8 Å². The maximum atomic E-state index is 12.6. The highest BCUT2D eigenvalue weighted by Gasteiger charge is 2.61. The van der Waals surface area contributed by atoms with Crippen molar-refractivity contribution in [2.24, 2.45) is 23.7 Å². The molecule has 7 heteroatoms. The SMILES string of the molecule is Cc1cc(C)cc(NC(=O)COC(=O)CN2C(=O)[C@@H]3[C@H]4CC[C@@H](C4)[C@@H]3C2=O)c1. The number of hydrogen-bond donors (Lipinski definition) is 1. The predicted octanol–water partition coefficient (Wildman–Crippen LogP) is 1.82. The summed E-state index contributed by atoms with van der Waals surface area (Å²) in [5, 5.41) is 2.68. The topological polar surface area (TPSA) is 92.8 Å². The zero-order valence-corrected chi connectivity index (χ0v) is 16.1. The van der Waals surface area contributed by atoms with E-state index in [0.29, 0.717) is 5.69 Å². The summed E-state index contributed by atoms with van der Waals surface area (Å²) in [5.41, 5.74) is 2.66. The fourth-order valence-corrected chi connectivity index (χ4v) is 5.19. The van der Waals surface area contributed by atoms with Crippen LogP contribution in [0.2, 0.25) is 0 Å². The Morgan fingerprint density at radius 1 is 1.04 bits per heavy atom. The van der Waals surface area contributed by atoms with Crippen molar-refractivity contribution >= 4 is 29.4 Å². The van der Waals surface area contributed by atoms with Crippen LogP contribution in [-0.4, -0.2) is 41.7 Å². The Kier molecular flexibility index (Phi) is 4.69. The van der Waals surface area contributed by atoms with Gasteiger partial charge >= 0.3 is 5.97 Å². The van der Waals surface area contributed by atoms with Gasteiger partial charge in [0, 0.05) is 5.69 Å². The summed E-state index contributed by atoms with van der Waals surface area (Å²) in [5.74, 6) is -1.68. The van der Waals surface area contributed by atoms with Gasteiger partial charge in [-0.2, -0.15) is 0 Å². The van der Waals surface area contributed by atoms with Gasteiger partial charge in [0.2, 0.25) is 11.8 Å². The zero-order valence-electron chi connectivity index (χ0n) is 16.1. The summed E-state index contributed by atoms with van der Waals surface area (Å²) in [6, 6.07) is 5.63. The maximum absolute atomic E-state index is 12.6. The Labute approximate surface area is 163 Å². The maximum Gasteiger partial charge on any atom is 0.326 e. The molecule has 28 heavy (non-hydrogen) atoms. The molecule has 1 aromatic rings. The molecule has 148 valence electrons. The number of ether oxygens (including phenoxy) is 1. The third-order valence-electron chi connectivity index (χ3n) is 6.18. The Bertz CT molecular complexity index is 816. The minimum Gasteiger partial charge on any atom is -0.454 e. The third kappa shape index (κ3) is 3.30. The predicted molar refractivity (Wildman–Crippen MR) is 100 cm³/mol. The lowest BCUT2D eigenvalue weighted by molar-refractivity contribution is -0.154. The van der Waals surface area contributed by atoms with Crippen molar-refractivity contribution in [2.75, 3.05) is 18.5 Å². The summed E-state index contributed by atoms with van der Waals surface area (Å²) >= 11 is 0. The van der Waals surface area contributed by atoms with E-state index >= 15 is 0 Å². The average Bonchev–Trinajstić information content (AvgIpc) is 3.29. The number of aryl methyl sites for hydroxylation is 2. The molecule has 2 bridgehead atoms. The number of hydrogen-bond acceptors (Lipinski definition) is 5. The second-order valence-corrected chi connectivity index (χ2v) is 8.23. The minimum atomic E-state index is -0.746. The second-order valence-electron chi connectivity index (χ2n) is 8.23. The van der Waals surface area contributed by atoms with E-state index in [-0.39, 0.29) is 35.5 Å². The molecular formula is C21H24N2O5. The Balaban J connectivity index is 1.29. The summed E-state index contributed by atoms with van der Waals surface area (Å²) < 4.78 is 4.99. The van der Waals surface area contributed by atoms with Crippen molar-refractivity contribution in [3.63, 3.8) is 0 Å². The van der Waals surface area contributed by atoms with Crippen molar-refractivity contribution in [2.45, 2.75) is 33.1 Å². The van der Waals surface area contributed by atoms with Gasteiger partial charge in [0.25, 0.3) is 5.91 Å². The number of esters is 1. The molecular weight excluding hydrogens is 360 g/mol. The van der Waals surface area contributed by atoms with Crippen LogP contribution >= 0.6 is 0 Å². The van der Waals surface area contributed by atoms with Crippen molar-refractivity contribution in [3.05, 3.63) is 29.3 Å². The third-order valence-corrected chi connectivity index (χ3v) is 6.18. The summed E-state index contributed by atoms with van der Waals surface area (Å²) in [6.07, 6.45) is 2.92. The van der Waals surface area contributed by atoms with E-state index in [1.165, 1.54) is 0 Å². The van der Waals surface area contributed by atoms with Crippen molar-refractivity contribution in [1.29, 1.82) is 0 Å². The number of nitrogens with one attached hydrogen (secondary N) is 1. The molecule has 1 saturated heterocycles. The lowest BCUT2D eigenvalue weighted by atomic mass is 9.81. The van der Waals surface area contributed by atoms with Crippen molar-refractivity contribution in [3.8, 4) is 0 Å². The van der Waals surface area contributed by atoms with Crippen LogP contribution in [0.5, 0.6) is 0 Å². The molecule has 2 aliphatic carbocycles. The van der Waals surface area contributed by atoms with E-state index in [1.54, 1.807) is 0 Å². The first-order chi connectivity index (χ1) is 13.3. The number of benzene rings is 1. The first-order valence-electron chi connectivity index (χ1n) is 9.72. The van der Waals surface area contributed by atoms with Gasteiger partial charge in [-0.05, 0) is 68.2 Å². The standard InChI is InChI=1S/C21H24N2O5/c1-11-5-12(2)7-15(6-11)22-16(24)10-28-17(25)9-23-20(26)18-13-3-4-14(8-13)19(18)21(23)27/h5-7,13-14,18-19H,3-4,8-10H2,1-2H3,(H,22,24)/t13-,14-,18-,19+/m0/s1. The average molecular weight is 384 g/mol. The van der Waals surface area contributed by atoms with E-state index in [0.717, 1.165) is 35.3 Å². The largest absolute Gasteiger partial charge is 0.454 e. The summed E-state index contributed by atoms with van der Waals surface area (Å²) in [4.78, 5) is 50.3. The molecule has 4 rings (SSSR count). The first kappa shape index (κ1) is 18.7. The number of carbonyl (C=O) groups excluding carboxylic acids is 4. The molecule has 0 radical (unpaired) electrons. The Hall–Kier alpha value is -2.70. The molecule has 1 heterocycles. The highest BCUT2D eigenvalue weighted by molar-refractivity contribution is 6.07. The van der Waals surface area contributed by atoms with E-state index in [1.807, 2.05) is 32.0 Å². The monoisotopic (exact) mass is 384 g/mol. The molecule has 3 fully saturated rings. The second kappa shape index (κ2) is 7.04. The lowest BCUT2D eigenvalue weighted by Gasteiger charge is -2.19. The normalized spacial score (nSPS) is 27.9. The number of carbonyl (C=O) groups is 4. The molecule has 0 aromatic heterocycles. The fourth-order valence-electron chi connectivity index (χ4n) is 5.19. The van der Waals surface area contributed by atoms with Gasteiger partial charge < -0.3 is 10.1 Å². The Morgan fingerprint density at radius 2 is 1.61 bits per heavy atom. The highest BCUT2D eigenvalue weighted by atomic mass is 16.5. The lowest BCUT2D eigenvalue weighted by Crippen LogP contribution is -2.38. The van der Waals surface area contributed by atoms with Crippen molar-refractivity contribution in [1.82, 2.24) is 4.90 Å². The molecule has 1 aliphatic heterocycles. The van der Waals surface area contributed by atoms with Crippen LogP contribution < -0.4 is 5.32 Å². The smallest absolute Gasteiger partial charge is 0.326 e. The van der Waals surface area contributed by atoms with Gasteiger partial charge in [-0.25, -0.2) is 0 Å². The van der Waals surface area contributed by atoms with Gasteiger partial charge in [-0.1, -0.05) is 6.07 Å². The summed E-state index contributed by atoms with van der Waals surface area (Å²) in [6.45, 7) is 2.98. The number of nitrogens with zero attached hydrogens (tertiary/aromatic N) is 1. The van der Waals surface area contributed by atoms with E-state index in [9.17, 15) is 19.2 Å². The minimum absolute atomic E-state index is 0.251. The van der Waals surface area contributed by atoms with E-state index in [4.69, 9.17) is 4.74 Å². The van der Waals surface area contributed by atoms with Gasteiger partial charge in [-0.15, -0.1) is 0 Å². The Morgan fingerprint density at radius 3 is 2.18 bits per heavy atom. The number of likely N-dealkylation sites (tertiary alicyclic amines) is 1. The number of anilines is 1. The van der Waals surface area contributed by atoms with Crippen LogP contribution in [0.1, 0.15) is 30.4 Å². The molecule has 2 saturated carbocycles. The zero-order chi connectivity index (χ0) is 20.0. The quantitative estimate of drug-likeness (QED) is 0.617. The number of rotatable bonds is 5. The molecule has 4 atom stereocenters. The molecule has 3 amide bonds. The van der Waals surface area contributed by atoms with Crippen LogP contribution in [-0.2, 0) is 23.9 Å². The van der Waals surface area contributed by atoms with Crippen LogP contribution in [0.3, 0.4) is 0 Å². The van der Waals surface area contributed by atoms with Crippen LogP contribution in [0, 0.1) is 37.5 Å². The number of fused-ring (bicyclic) bond motifs is 5. The molecule has 3 aliphatic rings. The highest BCUT2D eigenvalue weighted by Crippen LogP contribution is 2.56. The number of imide groups is 1. The van der Waals surface area contributed by atoms with Crippen molar-refractivity contribution < 1.29 is 23.9 Å². The van der Waals surface area contributed by atoms with Gasteiger partial charge in [0.1, 0.15) is 6.54 Å². The first-order valence-corrected chi connectivity index (χ1v) is 9.72. The number of amides is 3. The van der Waals surface area contributed by atoms with Gasteiger partial charge in [0.15, 0.2) is 6.61 Å². The molecule has 7 nitrogen and oxygen atoms in total. The summed E-state index contributed by atoms with van der Waals surface area (Å²) in [7, 11) is 0. The molecule has 0 spiro atoms. The van der Waals surface area contributed by atoms with Crippen LogP contribution in [0.25, 0.3) is 0 Å². The van der Waals surface area contributed by atoms with Crippen LogP contribution in [0.15, 0.2) is 18.2 Å². The van der Waals surface area contributed by atoms with E-state index < -0.39 is 25.0 Å². The van der Waals surface area contributed by atoms with E-state index in [2.05, 4.69) is 5.32 Å². The molecule has 1 N–H and O–H groups in total. The fraction of sp³-hybridized carbons (Fsp3) is 0.524. The molecule has 1 aromatic carbocycles. The molecule has 0 unspecified atom stereocenters. The van der Waals surface area contributed by atoms with Crippen LogP contribution in [0.4, 0.5) is 5.69 Å².